The van der Waals surface area contributed by atoms with Gasteiger partial charge in [-0.15, -0.1) is 0 Å². The third kappa shape index (κ3) is 36.4. The molecule has 0 fully saturated rings. The highest BCUT2D eigenvalue weighted by molar-refractivity contribution is 7.47. The largest absolute Gasteiger partial charge is 0.472 e. The van der Waals surface area contributed by atoms with Gasteiger partial charge in [0.15, 0.2) is 0 Å². The fourth-order valence-electron chi connectivity index (χ4n) is 4.87. The van der Waals surface area contributed by atoms with Crippen LogP contribution in [0.5, 0.6) is 0 Å². The van der Waals surface area contributed by atoms with Gasteiger partial charge in [-0.3, -0.25) is 13.8 Å². The smallest absolute Gasteiger partial charge is 0.389 e. The Morgan fingerprint density at radius 3 is 2.00 bits per heavy atom. The molecule has 4 atom stereocenters. The van der Waals surface area contributed by atoms with Crippen molar-refractivity contribution in [3.05, 3.63) is 97.2 Å². The van der Waals surface area contributed by atoms with Crippen LogP contribution in [-0.2, 0) is 18.4 Å². The molecule has 0 aliphatic heterocycles. The lowest BCUT2D eigenvalue weighted by molar-refractivity contribution is -0.870. The van der Waals surface area contributed by atoms with E-state index in [4.69, 9.17) is 9.05 Å². The molecule has 0 aromatic heterocycles. The third-order valence-electron chi connectivity index (χ3n) is 8.13. The van der Waals surface area contributed by atoms with Gasteiger partial charge < -0.3 is 24.9 Å². The van der Waals surface area contributed by atoms with E-state index in [9.17, 15) is 24.5 Å². The Balaban J connectivity index is 4.79. The van der Waals surface area contributed by atoms with E-state index in [0.717, 1.165) is 38.5 Å². The molecule has 0 bridgehead atoms. The van der Waals surface area contributed by atoms with Gasteiger partial charge in [0, 0.05) is 6.42 Å². The second-order valence-electron chi connectivity index (χ2n) is 14.5. The monoisotopic (exact) mass is 776 g/mol. The Labute approximate surface area is 329 Å². The molecule has 0 radical (unpaired) electrons. The van der Waals surface area contributed by atoms with Gasteiger partial charge in [-0.1, -0.05) is 143 Å². The van der Waals surface area contributed by atoms with Crippen molar-refractivity contribution >= 4 is 13.7 Å². The number of carbonyl (C=O) groups excluding carboxylic acids is 1. The number of phosphoric acid groups is 1. The number of amides is 1. The highest BCUT2D eigenvalue weighted by Crippen LogP contribution is 2.43. The van der Waals surface area contributed by atoms with E-state index in [-0.39, 0.29) is 18.9 Å². The van der Waals surface area contributed by atoms with Crippen LogP contribution in [-0.4, -0.2) is 84.6 Å². The zero-order valence-corrected chi connectivity index (χ0v) is 35.2. The summed E-state index contributed by atoms with van der Waals surface area (Å²) in [6.07, 6.45) is 45.1. The van der Waals surface area contributed by atoms with Crippen molar-refractivity contribution in [3.63, 3.8) is 0 Å². The predicted octanol–water partition coefficient (Wildman–Crippen LogP) is 9.76. The normalized spacial score (nSPS) is 16.1. The first-order chi connectivity index (χ1) is 25.9. The number of aliphatic hydroxyl groups excluding tert-OH is 2. The number of likely N-dealkylation sites (N-methyl/N-ethyl adjacent to an activating group) is 1. The van der Waals surface area contributed by atoms with Gasteiger partial charge in [-0.2, -0.15) is 0 Å². The van der Waals surface area contributed by atoms with E-state index < -0.39 is 32.7 Å². The molecule has 0 aromatic rings. The zero-order chi connectivity index (χ0) is 40.2. The fourth-order valence-corrected chi connectivity index (χ4v) is 5.60. The van der Waals surface area contributed by atoms with E-state index in [1.807, 2.05) is 57.6 Å². The van der Waals surface area contributed by atoms with Gasteiger partial charge in [0.2, 0.25) is 5.91 Å². The van der Waals surface area contributed by atoms with Gasteiger partial charge in [0.05, 0.1) is 46.0 Å². The quantitative estimate of drug-likeness (QED) is 0.0169. The minimum absolute atomic E-state index is 0.0182. The number of unbranched alkanes of at least 4 members (excludes halogenated alkanes) is 7. The number of aliphatic hydroxyl groups is 2. The molecular weight excluding hydrogens is 699 g/mol. The maximum atomic E-state index is 12.8. The number of quaternary nitrogens is 1. The summed E-state index contributed by atoms with van der Waals surface area (Å²) in [5, 5.41) is 23.9. The van der Waals surface area contributed by atoms with Crippen LogP contribution in [0.1, 0.15) is 117 Å². The number of hydrogen-bond donors (Lipinski definition) is 4. The van der Waals surface area contributed by atoms with Crippen molar-refractivity contribution in [1.29, 1.82) is 0 Å². The summed E-state index contributed by atoms with van der Waals surface area (Å²) in [4.78, 5) is 23.0. The van der Waals surface area contributed by atoms with Gasteiger partial charge >= 0.3 is 7.82 Å². The van der Waals surface area contributed by atoms with Crippen molar-refractivity contribution < 1.29 is 38.0 Å². The summed E-state index contributed by atoms with van der Waals surface area (Å²) in [5.74, 6) is -0.336. The van der Waals surface area contributed by atoms with E-state index in [1.165, 1.54) is 38.5 Å². The Hall–Kier alpha value is -2.62. The molecule has 0 aromatic carbocycles. The molecule has 0 saturated heterocycles. The number of allylic oxidation sites excluding steroid dienone is 13. The summed E-state index contributed by atoms with van der Waals surface area (Å²) < 4.78 is 23.4. The minimum Gasteiger partial charge on any atom is -0.389 e. The SMILES string of the molecule is CC/C=C\C/C=C\C/C=C\C/C=C\C=C/C(O)C/C=C\CCC(=O)N[C@@H](COP(=O)(O)OCC[N+](C)(C)C)[C@H](O)/C=C/CC/C=C\CCCCCCCC. The maximum Gasteiger partial charge on any atom is 0.472 e. The highest BCUT2D eigenvalue weighted by Gasteiger charge is 2.27. The summed E-state index contributed by atoms with van der Waals surface area (Å²) in [6.45, 7) is 4.47. The molecule has 54 heavy (non-hydrogen) atoms. The zero-order valence-electron chi connectivity index (χ0n) is 34.3. The van der Waals surface area contributed by atoms with Crippen molar-refractivity contribution in [2.75, 3.05) is 40.9 Å². The van der Waals surface area contributed by atoms with Gasteiger partial charge in [-0.05, 0) is 64.2 Å². The van der Waals surface area contributed by atoms with Gasteiger partial charge in [-0.25, -0.2) is 4.57 Å². The molecule has 10 heteroatoms. The number of phosphoric ester groups is 1. The Morgan fingerprint density at radius 2 is 1.31 bits per heavy atom. The molecule has 0 aliphatic carbocycles. The standard InChI is InChI=1S/C44H75N2O7P/c1-6-8-10-12-14-16-18-20-21-23-25-27-30-34-41(47)35-31-29-33-37-44(49)45-42(40-53-54(50,51)52-39-38-46(3,4)5)43(48)36-32-28-26-24-22-19-17-15-13-11-9-7-2/h8,10,14,16,20-22,24-25,27,29-32,34,36,41-43,47-48H,6-7,9,11-13,15,17-19,23,26,28,33,35,37-40H2,1-5H3,(H-,45,49,50,51)/p+1/b10-8-,16-14-,21-20-,24-22-,27-25-,31-29-,34-30-,36-32+/t41?,42-,43+/m0/s1. The lowest BCUT2D eigenvalue weighted by atomic mass is 10.1. The Bertz CT molecular complexity index is 1210. The number of rotatable bonds is 34. The lowest BCUT2D eigenvalue weighted by Gasteiger charge is -2.25. The molecule has 0 rings (SSSR count). The first kappa shape index (κ1) is 51.4. The molecule has 1 amide bonds. The molecule has 0 spiro atoms. The second kappa shape index (κ2) is 34.8. The Kier molecular flexibility index (Phi) is 33.1. The van der Waals surface area contributed by atoms with Crippen LogP contribution >= 0.6 is 7.82 Å². The van der Waals surface area contributed by atoms with Crippen LogP contribution in [0.25, 0.3) is 0 Å². The topological polar surface area (TPSA) is 125 Å². The number of hydrogen-bond acceptors (Lipinski definition) is 6. The van der Waals surface area contributed by atoms with E-state index >= 15 is 0 Å². The molecule has 4 N–H and O–H groups in total. The second-order valence-corrected chi connectivity index (χ2v) is 15.9. The number of nitrogens with zero attached hydrogens (tertiary/aromatic N) is 1. The van der Waals surface area contributed by atoms with Crippen molar-refractivity contribution in [2.45, 2.75) is 135 Å². The molecule has 308 valence electrons. The average molecular weight is 776 g/mol. The maximum absolute atomic E-state index is 12.8. The van der Waals surface area contributed by atoms with Crippen LogP contribution in [0.15, 0.2) is 97.2 Å². The molecule has 0 saturated carbocycles. The molecule has 9 nitrogen and oxygen atoms in total. The predicted molar refractivity (Wildman–Crippen MR) is 227 cm³/mol. The number of nitrogens with one attached hydrogen (secondary N) is 1. The average Bonchev–Trinajstić information content (AvgIpc) is 3.11. The fraction of sp³-hybridized carbons (Fsp3) is 0.614. The third-order valence-corrected chi connectivity index (χ3v) is 9.12. The van der Waals surface area contributed by atoms with Crippen LogP contribution in [0.3, 0.4) is 0 Å². The van der Waals surface area contributed by atoms with E-state index in [1.54, 1.807) is 12.2 Å². The van der Waals surface area contributed by atoms with E-state index in [2.05, 4.69) is 67.8 Å². The van der Waals surface area contributed by atoms with Gasteiger partial charge in [0.1, 0.15) is 13.2 Å². The van der Waals surface area contributed by atoms with E-state index in [0.29, 0.717) is 30.3 Å². The van der Waals surface area contributed by atoms with Crippen LogP contribution in [0, 0.1) is 0 Å². The molecule has 2 unspecified atom stereocenters. The van der Waals surface area contributed by atoms with Crippen molar-refractivity contribution in [3.8, 4) is 0 Å². The molecule has 0 aliphatic rings. The summed E-state index contributed by atoms with van der Waals surface area (Å²) in [6, 6.07) is -0.950. The number of carbonyl (C=O) groups is 1. The Morgan fingerprint density at radius 1 is 0.704 bits per heavy atom. The van der Waals surface area contributed by atoms with Crippen LogP contribution in [0.4, 0.5) is 0 Å². The van der Waals surface area contributed by atoms with Crippen molar-refractivity contribution in [1.82, 2.24) is 5.32 Å². The molecular formula is C44H76N2O7P+. The first-order valence-corrected chi connectivity index (χ1v) is 21.7. The lowest BCUT2D eigenvalue weighted by Crippen LogP contribution is -2.45. The molecule has 0 heterocycles. The highest BCUT2D eigenvalue weighted by atomic mass is 31.2. The van der Waals surface area contributed by atoms with Gasteiger partial charge in [0.25, 0.3) is 0 Å². The van der Waals surface area contributed by atoms with Crippen LogP contribution in [0.2, 0.25) is 0 Å². The summed E-state index contributed by atoms with van der Waals surface area (Å²) in [5.41, 5.74) is 0. The summed E-state index contributed by atoms with van der Waals surface area (Å²) in [7, 11) is 1.42. The summed E-state index contributed by atoms with van der Waals surface area (Å²) >= 11 is 0. The van der Waals surface area contributed by atoms with Crippen LogP contribution < -0.4 is 5.32 Å². The van der Waals surface area contributed by atoms with Crippen molar-refractivity contribution in [2.24, 2.45) is 0 Å². The minimum atomic E-state index is -4.39. The first-order valence-electron chi connectivity index (χ1n) is 20.2.